The van der Waals surface area contributed by atoms with Crippen LogP contribution in [0.3, 0.4) is 0 Å². The summed E-state index contributed by atoms with van der Waals surface area (Å²) in [5.74, 6) is 0.419. The molecule has 0 radical (unpaired) electrons. The highest BCUT2D eigenvalue weighted by molar-refractivity contribution is 7.92. The zero-order valence-electron chi connectivity index (χ0n) is 16.9. The number of hydrogen-bond acceptors (Lipinski definition) is 6. The molecular weight excluding hydrogens is 394 g/mol. The van der Waals surface area contributed by atoms with Crippen molar-refractivity contribution in [2.24, 2.45) is 0 Å². The van der Waals surface area contributed by atoms with Gasteiger partial charge in [-0.15, -0.1) is 0 Å². The Morgan fingerprint density at radius 1 is 0.931 bits per heavy atom. The third-order valence-corrected chi connectivity index (χ3v) is 5.31. The van der Waals surface area contributed by atoms with Gasteiger partial charge in [0.05, 0.1) is 30.3 Å². The largest absolute Gasteiger partial charge is 0.490 e. The fourth-order valence-electron chi connectivity index (χ4n) is 2.48. The number of hydrogen-bond donors (Lipinski definition) is 1. The molecule has 0 amide bonds. The van der Waals surface area contributed by atoms with E-state index in [4.69, 9.17) is 14.2 Å². The van der Waals surface area contributed by atoms with Crippen LogP contribution in [0.1, 0.15) is 44.0 Å². The molecule has 0 atom stereocenters. The van der Waals surface area contributed by atoms with Crippen LogP contribution in [-0.4, -0.2) is 34.2 Å². The molecule has 7 nitrogen and oxygen atoms in total. The summed E-state index contributed by atoms with van der Waals surface area (Å²) in [7, 11) is -3.84. The van der Waals surface area contributed by atoms with Gasteiger partial charge in [0.1, 0.15) is 0 Å². The molecule has 2 aromatic rings. The van der Waals surface area contributed by atoms with Crippen LogP contribution in [0, 0.1) is 0 Å². The van der Waals surface area contributed by atoms with Crippen molar-refractivity contribution in [3.8, 4) is 11.5 Å². The molecule has 0 heterocycles. The minimum atomic E-state index is -3.84. The predicted molar refractivity (Wildman–Crippen MR) is 111 cm³/mol. The first-order valence-electron chi connectivity index (χ1n) is 9.60. The van der Waals surface area contributed by atoms with Crippen molar-refractivity contribution in [2.75, 3.05) is 24.5 Å². The van der Waals surface area contributed by atoms with E-state index in [9.17, 15) is 13.2 Å². The number of rotatable bonds is 11. The van der Waals surface area contributed by atoms with Crippen LogP contribution < -0.4 is 14.2 Å². The number of esters is 1. The fraction of sp³-hybridized carbons (Fsp3) is 0.381. The van der Waals surface area contributed by atoms with Crippen molar-refractivity contribution in [3.05, 3.63) is 48.0 Å². The number of ether oxygens (including phenoxy) is 3. The van der Waals surface area contributed by atoms with E-state index < -0.39 is 16.0 Å². The van der Waals surface area contributed by atoms with Gasteiger partial charge < -0.3 is 14.2 Å². The molecule has 0 aromatic heterocycles. The van der Waals surface area contributed by atoms with Gasteiger partial charge in [0, 0.05) is 11.8 Å². The van der Waals surface area contributed by atoms with E-state index in [-0.39, 0.29) is 4.90 Å². The monoisotopic (exact) mass is 421 g/mol. The van der Waals surface area contributed by atoms with E-state index in [1.165, 1.54) is 36.4 Å². The Morgan fingerprint density at radius 2 is 1.59 bits per heavy atom. The van der Waals surface area contributed by atoms with Crippen LogP contribution >= 0.6 is 0 Å². The molecular formula is C21H27NO6S. The molecule has 0 spiro atoms. The lowest BCUT2D eigenvalue weighted by Crippen LogP contribution is -2.14. The Labute approximate surface area is 172 Å². The Morgan fingerprint density at radius 3 is 2.21 bits per heavy atom. The third-order valence-electron chi connectivity index (χ3n) is 3.93. The number of benzene rings is 2. The van der Waals surface area contributed by atoms with Crippen LogP contribution in [0.2, 0.25) is 0 Å². The first-order valence-corrected chi connectivity index (χ1v) is 11.1. The topological polar surface area (TPSA) is 90.9 Å². The smallest absolute Gasteiger partial charge is 0.338 e. The molecule has 2 aromatic carbocycles. The van der Waals surface area contributed by atoms with E-state index in [0.717, 1.165) is 12.8 Å². The standard InChI is InChI=1S/C21H27NO6S/c1-4-7-14-28-21(23)16-8-10-17(11-9-16)22-29(24,25)18-12-13-19(26-5-2)20(15-18)27-6-3/h8-13,15,22H,4-7,14H2,1-3H3. The van der Waals surface area contributed by atoms with E-state index in [2.05, 4.69) is 4.72 Å². The molecule has 0 aliphatic carbocycles. The summed E-state index contributed by atoms with van der Waals surface area (Å²) in [6, 6.07) is 10.5. The highest BCUT2D eigenvalue weighted by Crippen LogP contribution is 2.31. The highest BCUT2D eigenvalue weighted by Gasteiger charge is 2.18. The highest BCUT2D eigenvalue weighted by atomic mass is 32.2. The van der Waals surface area contributed by atoms with Crippen molar-refractivity contribution in [2.45, 2.75) is 38.5 Å². The summed E-state index contributed by atoms with van der Waals surface area (Å²) < 4.78 is 44.0. The Hall–Kier alpha value is -2.74. The molecule has 0 fully saturated rings. The zero-order valence-corrected chi connectivity index (χ0v) is 17.8. The molecule has 8 heteroatoms. The molecule has 2 rings (SSSR count). The number of anilines is 1. The second-order valence-corrected chi connectivity index (χ2v) is 7.83. The summed E-state index contributed by atoms with van der Waals surface area (Å²) in [5.41, 5.74) is 0.700. The average Bonchev–Trinajstić information content (AvgIpc) is 2.70. The lowest BCUT2D eigenvalue weighted by atomic mass is 10.2. The van der Waals surface area contributed by atoms with E-state index >= 15 is 0 Å². The Balaban J connectivity index is 2.14. The van der Waals surface area contributed by atoms with Crippen LogP contribution in [0.5, 0.6) is 11.5 Å². The second-order valence-electron chi connectivity index (χ2n) is 6.15. The summed E-state index contributed by atoms with van der Waals surface area (Å²) in [5, 5.41) is 0. The minimum absolute atomic E-state index is 0.0486. The normalized spacial score (nSPS) is 11.0. The van der Waals surface area contributed by atoms with Crippen LogP contribution in [0.25, 0.3) is 0 Å². The maximum Gasteiger partial charge on any atom is 0.338 e. The molecule has 0 unspecified atom stereocenters. The second kappa shape index (κ2) is 10.7. The summed E-state index contributed by atoms with van der Waals surface area (Å²) in [4.78, 5) is 12.0. The number of carbonyl (C=O) groups is 1. The molecule has 158 valence electrons. The summed E-state index contributed by atoms with van der Waals surface area (Å²) in [6.45, 7) is 6.85. The summed E-state index contributed by atoms with van der Waals surface area (Å²) in [6.07, 6.45) is 1.74. The molecule has 0 aliphatic heterocycles. The minimum Gasteiger partial charge on any atom is -0.490 e. The first kappa shape index (κ1) is 22.5. The van der Waals surface area contributed by atoms with Crippen molar-refractivity contribution in [1.29, 1.82) is 0 Å². The van der Waals surface area contributed by atoms with Gasteiger partial charge in [-0.1, -0.05) is 13.3 Å². The molecule has 0 saturated heterocycles. The van der Waals surface area contributed by atoms with E-state index in [1.807, 2.05) is 20.8 Å². The maximum absolute atomic E-state index is 12.7. The third kappa shape index (κ3) is 6.39. The van der Waals surface area contributed by atoms with Gasteiger partial charge in [-0.25, -0.2) is 13.2 Å². The molecule has 0 aliphatic rings. The first-order chi connectivity index (χ1) is 13.9. The van der Waals surface area contributed by atoms with Crippen molar-refractivity contribution in [1.82, 2.24) is 0 Å². The van der Waals surface area contributed by atoms with Crippen LogP contribution in [0.4, 0.5) is 5.69 Å². The van der Waals surface area contributed by atoms with Crippen molar-refractivity contribution < 1.29 is 27.4 Å². The van der Waals surface area contributed by atoms with Gasteiger partial charge in [0.2, 0.25) is 0 Å². The average molecular weight is 422 g/mol. The predicted octanol–water partition coefficient (Wildman–Crippen LogP) is 4.24. The summed E-state index contributed by atoms with van der Waals surface area (Å²) >= 11 is 0. The number of carbonyl (C=O) groups excluding carboxylic acids is 1. The van der Waals surface area contributed by atoms with Gasteiger partial charge in [0.25, 0.3) is 10.0 Å². The van der Waals surface area contributed by atoms with Crippen LogP contribution in [0.15, 0.2) is 47.4 Å². The fourth-order valence-corrected chi connectivity index (χ4v) is 3.55. The maximum atomic E-state index is 12.7. The lowest BCUT2D eigenvalue weighted by Gasteiger charge is -2.13. The van der Waals surface area contributed by atoms with Crippen molar-refractivity contribution in [3.63, 3.8) is 0 Å². The van der Waals surface area contributed by atoms with E-state index in [1.54, 1.807) is 6.07 Å². The molecule has 0 bridgehead atoms. The van der Waals surface area contributed by atoms with Crippen molar-refractivity contribution >= 4 is 21.7 Å². The van der Waals surface area contributed by atoms with Crippen LogP contribution in [-0.2, 0) is 14.8 Å². The van der Waals surface area contributed by atoms with Gasteiger partial charge in [-0.05, 0) is 56.7 Å². The Kier molecular flexibility index (Phi) is 8.33. The lowest BCUT2D eigenvalue weighted by molar-refractivity contribution is 0.0500. The quantitative estimate of drug-likeness (QED) is 0.431. The molecule has 0 saturated carbocycles. The number of unbranched alkanes of at least 4 members (excludes halogenated alkanes) is 1. The molecule has 1 N–H and O–H groups in total. The number of sulfonamides is 1. The van der Waals surface area contributed by atoms with Gasteiger partial charge >= 0.3 is 5.97 Å². The van der Waals surface area contributed by atoms with Gasteiger partial charge in [0.15, 0.2) is 11.5 Å². The Bertz CT molecular complexity index is 909. The zero-order chi connectivity index (χ0) is 21.3. The van der Waals surface area contributed by atoms with E-state index in [0.29, 0.717) is 42.6 Å². The SMILES string of the molecule is CCCCOC(=O)c1ccc(NS(=O)(=O)c2ccc(OCC)c(OCC)c2)cc1. The van der Waals surface area contributed by atoms with Gasteiger partial charge in [-0.2, -0.15) is 0 Å². The number of nitrogens with one attached hydrogen (secondary N) is 1. The van der Waals surface area contributed by atoms with Gasteiger partial charge in [-0.3, -0.25) is 4.72 Å². The molecule has 29 heavy (non-hydrogen) atoms.